The van der Waals surface area contributed by atoms with Crippen LogP contribution in [0.3, 0.4) is 0 Å². The number of benzene rings is 1. The third-order valence-corrected chi connectivity index (χ3v) is 5.06. The van der Waals surface area contributed by atoms with Crippen molar-refractivity contribution in [1.82, 2.24) is 9.88 Å². The van der Waals surface area contributed by atoms with Crippen LogP contribution in [0.5, 0.6) is 0 Å². The molecule has 0 fully saturated rings. The number of fused-ring (bicyclic) bond motifs is 1. The second-order valence-electron chi connectivity index (χ2n) is 7.40. The molecule has 1 aromatic heterocycles. The summed E-state index contributed by atoms with van der Waals surface area (Å²) < 4.78 is 0. The molecule has 3 N–H and O–H groups in total. The first-order valence-corrected chi connectivity index (χ1v) is 11.2. The van der Waals surface area contributed by atoms with Crippen molar-refractivity contribution < 1.29 is 24.6 Å². The number of unbranched alkanes of at least 4 members (excludes halogenated alkanes) is 1. The molecule has 0 aliphatic carbocycles. The molecule has 0 spiro atoms. The SMILES string of the molecule is CCCCc1nc2ccccc2c(NC(=O)CN(CC)CC)c1CCC.O=C(O)C(=O)O. The molecule has 2 rings (SSSR count). The summed E-state index contributed by atoms with van der Waals surface area (Å²) in [6.07, 6.45) is 5.21. The highest BCUT2D eigenvalue weighted by atomic mass is 16.4. The lowest BCUT2D eigenvalue weighted by Crippen LogP contribution is -2.33. The summed E-state index contributed by atoms with van der Waals surface area (Å²) in [5, 5.41) is 19.1. The van der Waals surface area contributed by atoms with Gasteiger partial charge in [-0.15, -0.1) is 0 Å². The number of likely N-dealkylation sites (N-methyl/N-ethyl adjacent to an activating group) is 1. The molecule has 0 radical (unpaired) electrons. The van der Waals surface area contributed by atoms with E-state index in [1.807, 2.05) is 18.2 Å². The molecule has 0 atom stereocenters. The first-order chi connectivity index (χ1) is 15.3. The zero-order chi connectivity index (χ0) is 24.1. The fourth-order valence-electron chi connectivity index (χ4n) is 3.34. The number of nitrogens with one attached hydrogen (secondary N) is 1. The lowest BCUT2D eigenvalue weighted by molar-refractivity contribution is -0.159. The first kappa shape index (κ1) is 27.0. The Kier molecular flexibility index (Phi) is 11.9. The zero-order valence-electron chi connectivity index (χ0n) is 19.5. The average Bonchev–Trinajstić information content (AvgIpc) is 2.78. The highest BCUT2D eigenvalue weighted by molar-refractivity contribution is 6.27. The van der Waals surface area contributed by atoms with E-state index >= 15 is 0 Å². The standard InChI is InChI=1S/C22H33N3O.C2H2O4/c1-5-9-14-19-17(12-6-2)22(18-13-10-11-15-20(18)23-19)24-21(26)16-25(7-3)8-4;3-1(4)2(5)6/h10-11,13,15H,5-9,12,14,16H2,1-4H3,(H,23,24,26);(H,3,4)(H,5,6). The number of aliphatic carboxylic acids is 2. The molecule has 1 heterocycles. The lowest BCUT2D eigenvalue weighted by atomic mass is 9.98. The highest BCUT2D eigenvalue weighted by Gasteiger charge is 2.17. The summed E-state index contributed by atoms with van der Waals surface area (Å²) in [6.45, 7) is 10.7. The number of rotatable bonds is 10. The van der Waals surface area contributed by atoms with Gasteiger partial charge in [-0.2, -0.15) is 0 Å². The van der Waals surface area contributed by atoms with Gasteiger partial charge in [-0.05, 0) is 44.0 Å². The smallest absolute Gasteiger partial charge is 0.414 e. The number of pyridine rings is 1. The van der Waals surface area contributed by atoms with E-state index in [2.05, 4.69) is 44.0 Å². The monoisotopic (exact) mass is 445 g/mol. The number of anilines is 1. The number of aryl methyl sites for hydroxylation is 1. The molecule has 32 heavy (non-hydrogen) atoms. The number of amides is 1. The van der Waals surface area contributed by atoms with Crippen molar-refractivity contribution in [2.45, 2.75) is 59.8 Å². The van der Waals surface area contributed by atoms with E-state index in [1.165, 1.54) is 5.56 Å². The Bertz CT molecular complexity index is 898. The second kappa shape index (κ2) is 14.1. The van der Waals surface area contributed by atoms with E-state index in [1.54, 1.807) is 0 Å². The molecule has 1 aromatic carbocycles. The highest BCUT2D eigenvalue weighted by Crippen LogP contribution is 2.30. The van der Waals surface area contributed by atoms with Gasteiger partial charge < -0.3 is 15.5 Å². The topological polar surface area (TPSA) is 120 Å². The quantitative estimate of drug-likeness (QED) is 0.473. The van der Waals surface area contributed by atoms with Crippen molar-refractivity contribution in [2.75, 3.05) is 25.0 Å². The van der Waals surface area contributed by atoms with Crippen molar-refractivity contribution in [3.63, 3.8) is 0 Å². The van der Waals surface area contributed by atoms with E-state index < -0.39 is 11.9 Å². The lowest BCUT2D eigenvalue weighted by Gasteiger charge is -2.20. The maximum absolute atomic E-state index is 12.7. The summed E-state index contributed by atoms with van der Waals surface area (Å²) in [4.78, 5) is 38.0. The van der Waals surface area contributed by atoms with Crippen LogP contribution in [0.25, 0.3) is 10.9 Å². The van der Waals surface area contributed by atoms with Crippen molar-refractivity contribution in [1.29, 1.82) is 0 Å². The Hall–Kier alpha value is -3.00. The summed E-state index contributed by atoms with van der Waals surface area (Å²) in [5.74, 6) is -3.59. The van der Waals surface area contributed by atoms with Crippen LogP contribution in [0.2, 0.25) is 0 Å². The van der Waals surface area contributed by atoms with Gasteiger partial charge in [0.1, 0.15) is 0 Å². The maximum atomic E-state index is 12.7. The number of carbonyl (C=O) groups is 3. The molecule has 2 aromatic rings. The Labute approximate surface area is 189 Å². The van der Waals surface area contributed by atoms with E-state index in [0.717, 1.165) is 67.5 Å². The molecular formula is C24H35N3O5. The predicted octanol–water partition coefficient (Wildman–Crippen LogP) is 3.97. The molecule has 8 nitrogen and oxygen atoms in total. The van der Waals surface area contributed by atoms with Gasteiger partial charge in [0.2, 0.25) is 5.91 Å². The van der Waals surface area contributed by atoms with Crippen LogP contribution >= 0.6 is 0 Å². The normalized spacial score (nSPS) is 10.5. The van der Waals surface area contributed by atoms with Crippen molar-refractivity contribution in [3.05, 3.63) is 35.5 Å². The summed E-state index contributed by atoms with van der Waals surface area (Å²) in [6, 6.07) is 8.14. The minimum Gasteiger partial charge on any atom is -0.473 e. The van der Waals surface area contributed by atoms with Gasteiger partial charge in [-0.25, -0.2) is 9.59 Å². The van der Waals surface area contributed by atoms with Gasteiger partial charge in [-0.3, -0.25) is 14.7 Å². The zero-order valence-corrected chi connectivity index (χ0v) is 19.5. The third kappa shape index (κ3) is 8.26. The largest absolute Gasteiger partial charge is 0.473 e. The van der Waals surface area contributed by atoms with Crippen LogP contribution in [-0.4, -0.2) is 57.6 Å². The van der Waals surface area contributed by atoms with Crippen LogP contribution in [0, 0.1) is 0 Å². The number of carbonyl (C=O) groups excluding carboxylic acids is 1. The molecule has 0 saturated carbocycles. The number of aromatic nitrogens is 1. The van der Waals surface area contributed by atoms with Gasteiger partial charge in [0.05, 0.1) is 17.7 Å². The number of carboxylic acids is 2. The summed E-state index contributed by atoms with van der Waals surface area (Å²) >= 11 is 0. The molecular weight excluding hydrogens is 410 g/mol. The Morgan fingerprint density at radius 2 is 1.56 bits per heavy atom. The van der Waals surface area contributed by atoms with E-state index in [4.69, 9.17) is 24.8 Å². The average molecular weight is 446 g/mol. The predicted molar refractivity (Wildman–Crippen MR) is 126 cm³/mol. The molecule has 0 bridgehead atoms. The second-order valence-corrected chi connectivity index (χ2v) is 7.40. The van der Waals surface area contributed by atoms with Gasteiger partial charge in [0.15, 0.2) is 0 Å². The van der Waals surface area contributed by atoms with Gasteiger partial charge in [-0.1, -0.05) is 58.7 Å². The van der Waals surface area contributed by atoms with Crippen LogP contribution in [0.1, 0.15) is 58.2 Å². The molecule has 0 saturated heterocycles. The fourth-order valence-corrected chi connectivity index (χ4v) is 3.34. The van der Waals surface area contributed by atoms with Gasteiger partial charge in [0, 0.05) is 11.1 Å². The van der Waals surface area contributed by atoms with Crippen LogP contribution in [0.4, 0.5) is 5.69 Å². The van der Waals surface area contributed by atoms with Crippen molar-refractivity contribution in [2.24, 2.45) is 0 Å². The number of hydrogen-bond acceptors (Lipinski definition) is 5. The maximum Gasteiger partial charge on any atom is 0.414 e. The van der Waals surface area contributed by atoms with Crippen LogP contribution < -0.4 is 5.32 Å². The molecule has 0 aliphatic heterocycles. The van der Waals surface area contributed by atoms with E-state index in [-0.39, 0.29) is 5.91 Å². The minimum absolute atomic E-state index is 0.0591. The Balaban J connectivity index is 0.000000751. The Morgan fingerprint density at radius 3 is 2.09 bits per heavy atom. The molecule has 0 aliphatic rings. The van der Waals surface area contributed by atoms with Crippen LogP contribution in [0.15, 0.2) is 24.3 Å². The van der Waals surface area contributed by atoms with Crippen LogP contribution in [-0.2, 0) is 27.2 Å². The number of hydrogen-bond donors (Lipinski definition) is 3. The first-order valence-electron chi connectivity index (χ1n) is 11.2. The molecule has 0 unspecified atom stereocenters. The minimum atomic E-state index is -1.82. The van der Waals surface area contributed by atoms with Gasteiger partial charge in [0.25, 0.3) is 0 Å². The summed E-state index contributed by atoms with van der Waals surface area (Å²) in [7, 11) is 0. The van der Waals surface area contributed by atoms with Gasteiger partial charge >= 0.3 is 11.9 Å². The molecule has 1 amide bonds. The Morgan fingerprint density at radius 1 is 0.938 bits per heavy atom. The van der Waals surface area contributed by atoms with E-state index in [9.17, 15) is 4.79 Å². The molecule has 8 heteroatoms. The number of para-hydroxylation sites is 1. The van der Waals surface area contributed by atoms with Crippen molar-refractivity contribution >= 4 is 34.4 Å². The summed E-state index contributed by atoms with van der Waals surface area (Å²) in [5.41, 5.74) is 4.30. The number of nitrogens with zero attached hydrogens (tertiary/aromatic N) is 2. The number of carboxylic acid groups (broad SMARTS) is 2. The van der Waals surface area contributed by atoms with Crippen molar-refractivity contribution in [3.8, 4) is 0 Å². The third-order valence-electron chi connectivity index (χ3n) is 5.06. The fraction of sp³-hybridized carbons (Fsp3) is 0.500. The van der Waals surface area contributed by atoms with E-state index in [0.29, 0.717) is 6.54 Å². The molecule has 176 valence electrons.